The van der Waals surface area contributed by atoms with Crippen LogP contribution in [0.1, 0.15) is 37.4 Å². The van der Waals surface area contributed by atoms with Gasteiger partial charge in [0.15, 0.2) is 5.69 Å². The van der Waals surface area contributed by atoms with Gasteiger partial charge >= 0.3 is 12.1 Å². The molecule has 7 heteroatoms. The molecule has 2 aromatic rings. The Labute approximate surface area is 122 Å². The van der Waals surface area contributed by atoms with Crippen LogP contribution in [-0.2, 0) is 19.0 Å². The van der Waals surface area contributed by atoms with E-state index in [2.05, 4.69) is 4.98 Å². The molecule has 0 fully saturated rings. The number of aromatic nitrogens is 1. The summed E-state index contributed by atoms with van der Waals surface area (Å²) in [6.07, 6.45) is -3.55. The Morgan fingerprint density at radius 3 is 2.24 bits per heavy atom. The number of halogens is 3. The number of hydrogen-bond acceptors (Lipinski definition) is 3. The van der Waals surface area contributed by atoms with Crippen LogP contribution in [0.15, 0.2) is 24.3 Å². The monoisotopic (exact) mass is 313 g/mol. The lowest BCUT2D eigenvalue weighted by molar-refractivity contribution is -0.141. The van der Waals surface area contributed by atoms with Crippen LogP contribution in [-0.4, -0.2) is 16.1 Å². The third-order valence-electron chi connectivity index (χ3n) is 3.51. The highest BCUT2D eigenvalue weighted by Gasteiger charge is 2.41. The first-order valence-electron chi connectivity index (χ1n) is 6.24. The van der Waals surface area contributed by atoms with Gasteiger partial charge in [-0.3, -0.25) is 0 Å². The molecule has 0 saturated heterocycles. The summed E-state index contributed by atoms with van der Waals surface area (Å²) in [5.74, 6) is -1.76. The minimum absolute atomic E-state index is 0.179. The van der Waals surface area contributed by atoms with E-state index in [0.29, 0.717) is 24.2 Å². The smallest absolute Gasteiger partial charge is 0.435 e. The summed E-state index contributed by atoms with van der Waals surface area (Å²) < 4.78 is 38.6. The van der Waals surface area contributed by atoms with Crippen LogP contribution in [0.4, 0.5) is 13.2 Å². The second-order valence-electron chi connectivity index (χ2n) is 4.91. The summed E-state index contributed by atoms with van der Waals surface area (Å²) in [6, 6.07) is 7.64. The zero-order valence-electron chi connectivity index (χ0n) is 10.6. The molecular formula is C14H10F3NO2S. The Bertz CT molecular complexity index is 683. The van der Waals surface area contributed by atoms with Crippen molar-refractivity contribution in [2.45, 2.75) is 24.9 Å². The molecule has 0 atom stereocenters. The van der Waals surface area contributed by atoms with Crippen molar-refractivity contribution < 1.29 is 23.1 Å². The molecule has 1 aliphatic rings. The van der Waals surface area contributed by atoms with Gasteiger partial charge in [-0.05, 0) is 24.0 Å². The number of nitrogens with zero attached hydrogens (tertiary/aromatic N) is 1. The first-order chi connectivity index (χ1) is 9.86. The lowest BCUT2D eigenvalue weighted by Gasteiger charge is -2.04. The summed E-state index contributed by atoms with van der Waals surface area (Å²) >= 11 is 0.632. The molecule has 0 unspecified atom stereocenters. The Morgan fingerprint density at radius 1 is 1.24 bits per heavy atom. The van der Waals surface area contributed by atoms with Crippen molar-refractivity contribution in [3.8, 4) is 0 Å². The van der Waals surface area contributed by atoms with Gasteiger partial charge in [-0.25, -0.2) is 9.78 Å². The van der Waals surface area contributed by atoms with Crippen LogP contribution in [0, 0.1) is 0 Å². The molecule has 0 saturated carbocycles. The van der Waals surface area contributed by atoms with E-state index in [1.54, 1.807) is 0 Å². The molecule has 3 nitrogen and oxygen atoms in total. The average Bonchev–Trinajstić information content (AvgIpc) is 3.02. The summed E-state index contributed by atoms with van der Waals surface area (Å²) in [5, 5.41) is 9.18. The number of carboxylic acids is 1. The van der Waals surface area contributed by atoms with E-state index >= 15 is 0 Å². The van der Waals surface area contributed by atoms with Crippen LogP contribution in [0.3, 0.4) is 0 Å². The molecule has 1 aromatic carbocycles. The molecule has 1 heterocycles. The maximum Gasteiger partial charge on any atom is 0.435 e. The van der Waals surface area contributed by atoms with Gasteiger partial charge in [0.1, 0.15) is 4.88 Å². The molecule has 110 valence electrons. The first kappa shape index (κ1) is 14.1. The summed E-state index contributed by atoms with van der Waals surface area (Å²) in [4.78, 5) is 13.8. The number of rotatable bonds is 2. The van der Waals surface area contributed by atoms with Gasteiger partial charge in [0.2, 0.25) is 0 Å². The van der Waals surface area contributed by atoms with Crippen molar-refractivity contribution >= 4 is 17.3 Å². The molecule has 1 aromatic heterocycles. The SMILES string of the molecule is O=C(O)c1sc(C2Cc3ccccc3C2)nc1C(F)(F)F. The number of benzene rings is 1. The Morgan fingerprint density at radius 2 is 1.81 bits per heavy atom. The van der Waals surface area contributed by atoms with Crippen molar-refractivity contribution in [3.63, 3.8) is 0 Å². The fraction of sp³-hybridized carbons (Fsp3) is 0.286. The van der Waals surface area contributed by atoms with Crippen molar-refractivity contribution in [3.05, 3.63) is 51.0 Å². The van der Waals surface area contributed by atoms with Crippen molar-refractivity contribution in [1.29, 1.82) is 0 Å². The van der Waals surface area contributed by atoms with Crippen molar-refractivity contribution in [1.82, 2.24) is 4.98 Å². The normalized spacial score (nSPS) is 15.2. The van der Waals surface area contributed by atoms with Gasteiger partial charge < -0.3 is 5.11 Å². The van der Waals surface area contributed by atoms with Crippen molar-refractivity contribution in [2.75, 3.05) is 0 Å². The Balaban J connectivity index is 1.97. The predicted molar refractivity (Wildman–Crippen MR) is 70.7 cm³/mol. The van der Waals surface area contributed by atoms with E-state index in [9.17, 15) is 18.0 Å². The molecule has 0 bridgehead atoms. The highest BCUT2D eigenvalue weighted by molar-refractivity contribution is 7.13. The van der Waals surface area contributed by atoms with Gasteiger partial charge in [0.25, 0.3) is 0 Å². The fourth-order valence-corrected chi connectivity index (χ4v) is 3.61. The third kappa shape index (κ3) is 2.53. The zero-order chi connectivity index (χ0) is 15.2. The quantitative estimate of drug-likeness (QED) is 0.919. The zero-order valence-corrected chi connectivity index (χ0v) is 11.5. The number of hydrogen-bond donors (Lipinski definition) is 1. The van der Waals surface area contributed by atoms with E-state index in [1.165, 1.54) is 0 Å². The lowest BCUT2D eigenvalue weighted by Crippen LogP contribution is -2.11. The number of carbonyl (C=O) groups is 1. The molecule has 1 N–H and O–H groups in total. The standard InChI is InChI=1S/C14H10F3NO2S/c15-14(16,17)11-10(13(19)20)21-12(18-11)9-5-7-3-1-2-4-8(7)6-9/h1-4,9H,5-6H2,(H,19,20). The largest absolute Gasteiger partial charge is 0.477 e. The van der Waals surface area contributed by atoms with Gasteiger partial charge in [-0.2, -0.15) is 13.2 Å². The molecule has 0 amide bonds. The average molecular weight is 313 g/mol. The van der Waals surface area contributed by atoms with Gasteiger partial charge in [0, 0.05) is 5.92 Å². The maximum absolute atomic E-state index is 12.9. The molecule has 21 heavy (non-hydrogen) atoms. The summed E-state index contributed by atoms with van der Waals surface area (Å²) in [6.45, 7) is 0. The van der Waals surface area contributed by atoms with E-state index in [1.807, 2.05) is 24.3 Å². The molecule has 0 aliphatic heterocycles. The molecule has 3 rings (SSSR count). The highest BCUT2D eigenvalue weighted by Crippen LogP contribution is 2.40. The second kappa shape index (κ2) is 4.84. The number of carboxylic acid groups (broad SMARTS) is 1. The predicted octanol–water partition coefficient (Wildman–Crippen LogP) is 3.74. The number of thiazole rings is 1. The molecular weight excluding hydrogens is 303 g/mol. The van der Waals surface area contributed by atoms with Crippen LogP contribution in [0.5, 0.6) is 0 Å². The summed E-state index contributed by atoms with van der Waals surface area (Å²) in [7, 11) is 0. The van der Waals surface area contributed by atoms with Crippen LogP contribution in [0.2, 0.25) is 0 Å². The lowest BCUT2D eigenvalue weighted by atomic mass is 10.1. The van der Waals surface area contributed by atoms with Crippen molar-refractivity contribution in [2.24, 2.45) is 0 Å². The first-order valence-corrected chi connectivity index (χ1v) is 7.06. The minimum atomic E-state index is -4.74. The van der Waals surface area contributed by atoms with Crippen LogP contribution >= 0.6 is 11.3 Å². The van der Waals surface area contributed by atoms with Gasteiger partial charge in [0.05, 0.1) is 5.01 Å². The Hall–Kier alpha value is -1.89. The molecule has 0 spiro atoms. The van der Waals surface area contributed by atoms with Gasteiger partial charge in [-0.15, -0.1) is 11.3 Å². The Kier molecular flexibility index (Phi) is 3.24. The topological polar surface area (TPSA) is 50.2 Å². The minimum Gasteiger partial charge on any atom is -0.477 e. The van der Waals surface area contributed by atoms with E-state index in [4.69, 9.17) is 5.11 Å². The van der Waals surface area contributed by atoms with E-state index in [0.717, 1.165) is 11.1 Å². The third-order valence-corrected chi connectivity index (χ3v) is 4.71. The van der Waals surface area contributed by atoms with E-state index < -0.39 is 22.7 Å². The molecule has 1 aliphatic carbocycles. The number of fused-ring (bicyclic) bond motifs is 1. The van der Waals surface area contributed by atoms with Crippen LogP contribution in [0.25, 0.3) is 0 Å². The second-order valence-corrected chi connectivity index (χ2v) is 5.94. The molecule has 0 radical (unpaired) electrons. The fourth-order valence-electron chi connectivity index (χ4n) is 2.58. The summed E-state index contributed by atoms with van der Waals surface area (Å²) in [5.41, 5.74) is 0.886. The van der Waals surface area contributed by atoms with Gasteiger partial charge in [-0.1, -0.05) is 24.3 Å². The maximum atomic E-state index is 12.9. The van der Waals surface area contributed by atoms with Crippen LogP contribution < -0.4 is 0 Å². The van der Waals surface area contributed by atoms with E-state index in [-0.39, 0.29) is 10.9 Å². The number of alkyl halides is 3. The number of aromatic carboxylic acids is 1. The highest BCUT2D eigenvalue weighted by atomic mass is 32.1.